The van der Waals surface area contributed by atoms with E-state index in [0.717, 1.165) is 19.3 Å². The van der Waals surface area contributed by atoms with Crippen molar-refractivity contribution in [3.63, 3.8) is 0 Å². The lowest BCUT2D eigenvalue weighted by Crippen LogP contribution is -2.53. The fourth-order valence-corrected chi connectivity index (χ4v) is 2.75. The summed E-state index contributed by atoms with van der Waals surface area (Å²) in [6.45, 7) is 0.479. The molecule has 0 spiro atoms. The molecular formula is C17H25N3O2. The van der Waals surface area contributed by atoms with E-state index in [2.05, 4.69) is 17.4 Å². The first-order chi connectivity index (χ1) is 10.4. The summed E-state index contributed by atoms with van der Waals surface area (Å²) in [5.74, 6) is -0.0330. The highest BCUT2D eigenvalue weighted by Gasteiger charge is 2.39. The molecule has 0 aliphatic heterocycles. The van der Waals surface area contributed by atoms with Crippen LogP contribution in [0.1, 0.15) is 24.8 Å². The number of benzene rings is 1. The van der Waals surface area contributed by atoms with Crippen LogP contribution in [0.2, 0.25) is 0 Å². The number of nitrogens with zero attached hydrogens (tertiary/aromatic N) is 2. The first kappa shape index (κ1) is 16.5. The molecular weight excluding hydrogens is 278 g/mol. The highest BCUT2D eigenvalue weighted by Crippen LogP contribution is 2.41. The zero-order valence-corrected chi connectivity index (χ0v) is 13.6. The van der Waals surface area contributed by atoms with Crippen molar-refractivity contribution in [2.24, 2.45) is 0 Å². The van der Waals surface area contributed by atoms with Crippen molar-refractivity contribution in [3.05, 3.63) is 35.9 Å². The maximum Gasteiger partial charge on any atom is 0.236 e. The Hall–Kier alpha value is -1.88. The Kier molecular flexibility index (Phi) is 5.19. The summed E-state index contributed by atoms with van der Waals surface area (Å²) < 4.78 is 0. The Balaban J connectivity index is 1.92. The van der Waals surface area contributed by atoms with E-state index in [4.69, 9.17) is 0 Å². The molecule has 5 nitrogen and oxygen atoms in total. The third-order valence-corrected chi connectivity index (χ3v) is 4.23. The fourth-order valence-electron chi connectivity index (χ4n) is 2.75. The van der Waals surface area contributed by atoms with Crippen LogP contribution in [0.4, 0.5) is 0 Å². The molecule has 22 heavy (non-hydrogen) atoms. The highest BCUT2D eigenvalue weighted by atomic mass is 16.2. The van der Waals surface area contributed by atoms with Gasteiger partial charge >= 0.3 is 0 Å². The maximum absolute atomic E-state index is 12.3. The van der Waals surface area contributed by atoms with Crippen LogP contribution in [0.25, 0.3) is 0 Å². The number of nitrogens with one attached hydrogen (secondary N) is 1. The Bertz CT molecular complexity index is 524. The molecule has 2 rings (SSSR count). The van der Waals surface area contributed by atoms with Gasteiger partial charge in [0.2, 0.25) is 11.8 Å². The van der Waals surface area contributed by atoms with Gasteiger partial charge in [0.15, 0.2) is 0 Å². The first-order valence-electron chi connectivity index (χ1n) is 7.68. The molecule has 0 saturated heterocycles. The lowest BCUT2D eigenvalue weighted by molar-refractivity contribution is -0.130. The minimum Gasteiger partial charge on any atom is -0.348 e. The number of amides is 2. The standard InChI is InChI=1S/C17H25N3O2/c1-19(2)16(22)13-20(3)12-15(21)18-17(10-7-11-17)14-8-5-4-6-9-14/h4-6,8-9H,7,10-13H2,1-3H3,(H,18,21). The van der Waals surface area contributed by atoms with Crippen LogP contribution >= 0.6 is 0 Å². The molecule has 0 atom stereocenters. The Labute approximate surface area is 132 Å². The lowest BCUT2D eigenvalue weighted by atomic mass is 9.72. The molecule has 0 radical (unpaired) electrons. The molecule has 1 aromatic carbocycles. The number of carbonyl (C=O) groups is 2. The summed E-state index contributed by atoms with van der Waals surface area (Å²) in [6, 6.07) is 10.1. The quantitative estimate of drug-likeness (QED) is 0.859. The number of likely N-dealkylation sites (N-methyl/N-ethyl adjacent to an activating group) is 2. The second kappa shape index (κ2) is 6.92. The predicted molar refractivity (Wildman–Crippen MR) is 86.3 cm³/mol. The zero-order valence-electron chi connectivity index (χ0n) is 13.6. The van der Waals surface area contributed by atoms with E-state index in [9.17, 15) is 9.59 Å². The molecule has 1 saturated carbocycles. The van der Waals surface area contributed by atoms with Gasteiger partial charge in [0.25, 0.3) is 0 Å². The number of hydrogen-bond donors (Lipinski definition) is 1. The molecule has 1 aromatic rings. The van der Waals surface area contributed by atoms with Crippen molar-refractivity contribution in [1.29, 1.82) is 0 Å². The summed E-state index contributed by atoms with van der Waals surface area (Å²) in [5, 5.41) is 3.17. The van der Waals surface area contributed by atoms with Crippen LogP contribution in [-0.2, 0) is 15.1 Å². The van der Waals surface area contributed by atoms with Gasteiger partial charge in [0.1, 0.15) is 0 Å². The smallest absolute Gasteiger partial charge is 0.236 e. The van der Waals surface area contributed by atoms with E-state index in [1.54, 1.807) is 26.0 Å². The van der Waals surface area contributed by atoms with Crippen LogP contribution < -0.4 is 5.32 Å². The summed E-state index contributed by atoms with van der Waals surface area (Å²) in [6.07, 6.45) is 3.08. The average Bonchev–Trinajstić information content (AvgIpc) is 2.43. The Morgan fingerprint density at radius 2 is 1.73 bits per heavy atom. The summed E-state index contributed by atoms with van der Waals surface area (Å²) in [4.78, 5) is 27.2. The second-order valence-corrected chi connectivity index (χ2v) is 6.31. The van der Waals surface area contributed by atoms with E-state index in [1.165, 1.54) is 10.5 Å². The van der Waals surface area contributed by atoms with Crippen molar-refractivity contribution in [2.45, 2.75) is 24.8 Å². The lowest BCUT2D eigenvalue weighted by Gasteiger charge is -2.43. The SMILES string of the molecule is CN(CC(=O)NC1(c2ccccc2)CCC1)CC(=O)N(C)C. The van der Waals surface area contributed by atoms with Crippen molar-refractivity contribution in [1.82, 2.24) is 15.1 Å². The summed E-state index contributed by atoms with van der Waals surface area (Å²) in [5.41, 5.74) is 0.951. The van der Waals surface area contributed by atoms with Crippen LogP contribution in [-0.4, -0.2) is 55.8 Å². The van der Waals surface area contributed by atoms with Crippen LogP contribution in [0.3, 0.4) is 0 Å². The van der Waals surface area contributed by atoms with Crippen LogP contribution in [0.15, 0.2) is 30.3 Å². The number of hydrogen-bond acceptors (Lipinski definition) is 3. The van der Waals surface area contributed by atoms with Crippen molar-refractivity contribution >= 4 is 11.8 Å². The zero-order chi connectivity index (χ0) is 16.2. The third kappa shape index (κ3) is 3.85. The van der Waals surface area contributed by atoms with Gasteiger partial charge in [-0.15, -0.1) is 0 Å². The fraction of sp³-hybridized carbons (Fsp3) is 0.529. The van der Waals surface area contributed by atoms with E-state index in [0.29, 0.717) is 0 Å². The van der Waals surface area contributed by atoms with Gasteiger partial charge in [0, 0.05) is 14.1 Å². The minimum atomic E-state index is -0.218. The van der Waals surface area contributed by atoms with Crippen molar-refractivity contribution in [3.8, 4) is 0 Å². The topological polar surface area (TPSA) is 52.7 Å². The van der Waals surface area contributed by atoms with Crippen molar-refractivity contribution in [2.75, 3.05) is 34.2 Å². The van der Waals surface area contributed by atoms with Gasteiger partial charge in [0.05, 0.1) is 18.6 Å². The van der Waals surface area contributed by atoms with Gasteiger partial charge in [-0.1, -0.05) is 30.3 Å². The first-order valence-corrected chi connectivity index (χ1v) is 7.68. The van der Waals surface area contributed by atoms with Gasteiger partial charge < -0.3 is 10.2 Å². The number of carbonyl (C=O) groups excluding carboxylic acids is 2. The van der Waals surface area contributed by atoms with Crippen molar-refractivity contribution < 1.29 is 9.59 Å². The van der Waals surface area contributed by atoms with Gasteiger partial charge in [-0.05, 0) is 31.9 Å². The molecule has 2 amide bonds. The number of rotatable bonds is 6. The molecule has 0 bridgehead atoms. The molecule has 0 heterocycles. The van der Waals surface area contributed by atoms with Gasteiger partial charge in [-0.25, -0.2) is 0 Å². The molecule has 1 aliphatic rings. The normalized spacial score (nSPS) is 16.0. The molecule has 1 aliphatic carbocycles. The van der Waals surface area contributed by atoms with Gasteiger partial charge in [-0.2, -0.15) is 0 Å². The predicted octanol–water partition coefficient (Wildman–Crippen LogP) is 1.20. The van der Waals surface area contributed by atoms with Crippen LogP contribution in [0, 0.1) is 0 Å². The summed E-state index contributed by atoms with van der Waals surface area (Å²) >= 11 is 0. The van der Waals surface area contributed by atoms with Crippen LogP contribution in [0.5, 0.6) is 0 Å². The van der Waals surface area contributed by atoms with Gasteiger partial charge in [-0.3, -0.25) is 14.5 Å². The minimum absolute atomic E-state index is 0.00304. The molecule has 1 N–H and O–H groups in total. The highest BCUT2D eigenvalue weighted by molar-refractivity contribution is 5.81. The largest absolute Gasteiger partial charge is 0.348 e. The monoisotopic (exact) mass is 303 g/mol. The van der Waals surface area contributed by atoms with E-state index in [1.807, 2.05) is 18.2 Å². The second-order valence-electron chi connectivity index (χ2n) is 6.31. The van der Waals surface area contributed by atoms with E-state index >= 15 is 0 Å². The average molecular weight is 303 g/mol. The van der Waals surface area contributed by atoms with E-state index in [-0.39, 0.29) is 30.4 Å². The molecule has 5 heteroatoms. The molecule has 0 aromatic heterocycles. The maximum atomic E-state index is 12.3. The summed E-state index contributed by atoms with van der Waals surface area (Å²) in [7, 11) is 5.22. The van der Waals surface area contributed by atoms with E-state index < -0.39 is 0 Å². The molecule has 0 unspecified atom stereocenters. The molecule has 120 valence electrons. The third-order valence-electron chi connectivity index (χ3n) is 4.23. The Morgan fingerprint density at radius 3 is 2.23 bits per heavy atom. The molecule has 1 fully saturated rings. The Morgan fingerprint density at radius 1 is 1.09 bits per heavy atom.